The molecule has 1 aromatic rings. The largest absolute Gasteiger partial charge is 0.444 e. The Balaban J connectivity index is 1.93. The number of anilines is 1. The molecule has 0 aromatic carbocycles. The normalized spacial score (nSPS) is 16.1. The Labute approximate surface area is 137 Å². The molecule has 2 heterocycles. The van der Waals surface area contributed by atoms with E-state index in [9.17, 15) is 9.59 Å². The van der Waals surface area contributed by atoms with E-state index in [-0.39, 0.29) is 12.1 Å². The number of carbonyl (C=O) groups is 2. The Morgan fingerprint density at radius 3 is 2.61 bits per heavy atom. The minimum atomic E-state index is -0.488. The summed E-state index contributed by atoms with van der Waals surface area (Å²) in [5, 5.41) is 2.92. The number of pyridine rings is 1. The zero-order valence-corrected chi connectivity index (χ0v) is 14.3. The van der Waals surface area contributed by atoms with E-state index >= 15 is 0 Å². The van der Waals surface area contributed by atoms with Crippen LogP contribution in [0, 0.1) is 6.92 Å². The number of hydrogen-bond donors (Lipinski definition) is 1. The fourth-order valence-electron chi connectivity index (χ4n) is 2.72. The number of hydrogen-bond acceptors (Lipinski definition) is 5. The standard InChI is InChI=1S/C17H25N3O3/c1-12-14(11-21)15(5-8-18-12)20-9-6-13(7-10-20)19-16(22)23-17(2,3)4/h5,8,11,13H,6-7,9-10H2,1-4H3,(H,19,22). The summed E-state index contributed by atoms with van der Waals surface area (Å²) in [6.45, 7) is 8.95. The Morgan fingerprint density at radius 1 is 1.39 bits per heavy atom. The number of amides is 1. The second kappa shape index (κ2) is 6.98. The lowest BCUT2D eigenvalue weighted by Gasteiger charge is -2.35. The molecule has 1 saturated heterocycles. The number of carbonyl (C=O) groups excluding carboxylic acids is 2. The molecule has 126 valence electrons. The second-order valence-corrected chi connectivity index (χ2v) is 6.85. The molecule has 6 heteroatoms. The Morgan fingerprint density at radius 2 is 2.04 bits per heavy atom. The van der Waals surface area contributed by atoms with Crippen molar-refractivity contribution in [2.75, 3.05) is 18.0 Å². The first kappa shape index (κ1) is 17.2. The monoisotopic (exact) mass is 319 g/mol. The highest BCUT2D eigenvalue weighted by Gasteiger charge is 2.24. The number of piperidine rings is 1. The van der Waals surface area contributed by atoms with Crippen LogP contribution in [0.2, 0.25) is 0 Å². The first-order valence-corrected chi connectivity index (χ1v) is 7.95. The van der Waals surface area contributed by atoms with E-state index in [1.54, 1.807) is 6.20 Å². The summed E-state index contributed by atoms with van der Waals surface area (Å²) in [5.74, 6) is 0. The smallest absolute Gasteiger partial charge is 0.407 e. The Bertz CT molecular complexity index is 573. The summed E-state index contributed by atoms with van der Waals surface area (Å²) in [5.41, 5.74) is 1.82. The van der Waals surface area contributed by atoms with Crippen LogP contribution in [0.1, 0.15) is 49.7 Å². The molecule has 0 unspecified atom stereocenters. The van der Waals surface area contributed by atoms with E-state index in [1.165, 1.54) is 0 Å². The van der Waals surface area contributed by atoms with Crippen LogP contribution in [0.3, 0.4) is 0 Å². The predicted octanol–water partition coefficient (Wildman–Crippen LogP) is 2.70. The van der Waals surface area contributed by atoms with Gasteiger partial charge in [0.05, 0.1) is 11.3 Å². The molecule has 0 atom stereocenters. The van der Waals surface area contributed by atoms with Gasteiger partial charge in [-0.05, 0) is 46.6 Å². The van der Waals surface area contributed by atoms with Crippen molar-refractivity contribution in [1.82, 2.24) is 10.3 Å². The average molecular weight is 319 g/mol. The molecule has 1 aliphatic rings. The van der Waals surface area contributed by atoms with Crippen molar-refractivity contribution in [1.29, 1.82) is 0 Å². The Kier molecular flexibility index (Phi) is 5.23. The van der Waals surface area contributed by atoms with Gasteiger partial charge in [-0.25, -0.2) is 4.79 Å². The summed E-state index contributed by atoms with van der Waals surface area (Å²) in [7, 11) is 0. The number of ether oxygens (including phenoxy) is 1. The van der Waals surface area contributed by atoms with Crippen LogP contribution in [-0.2, 0) is 4.74 Å². The number of alkyl carbamates (subject to hydrolysis) is 1. The molecule has 1 aliphatic heterocycles. The topological polar surface area (TPSA) is 71.5 Å². The number of rotatable bonds is 3. The summed E-state index contributed by atoms with van der Waals surface area (Å²) in [6.07, 6.45) is 3.85. The maximum Gasteiger partial charge on any atom is 0.407 e. The van der Waals surface area contributed by atoms with Crippen LogP contribution in [0.4, 0.5) is 10.5 Å². The molecular weight excluding hydrogens is 294 g/mol. The van der Waals surface area contributed by atoms with Gasteiger partial charge in [-0.2, -0.15) is 0 Å². The van der Waals surface area contributed by atoms with E-state index < -0.39 is 5.60 Å². The maximum absolute atomic E-state index is 11.8. The van der Waals surface area contributed by atoms with Gasteiger partial charge in [0.15, 0.2) is 6.29 Å². The summed E-state index contributed by atoms with van der Waals surface area (Å²) in [4.78, 5) is 29.4. The molecule has 1 amide bonds. The third-order valence-corrected chi connectivity index (χ3v) is 3.84. The van der Waals surface area contributed by atoms with Gasteiger partial charge in [0.1, 0.15) is 5.60 Å². The number of nitrogens with one attached hydrogen (secondary N) is 1. The minimum absolute atomic E-state index is 0.101. The minimum Gasteiger partial charge on any atom is -0.444 e. The SMILES string of the molecule is Cc1nccc(N2CCC(NC(=O)OC(C)(C)C)CC2)c1C=O. The van der Waals surface area contributed by atoms with Crippen LogP contribution in [0.5, 0.6) is 0 Å². The van der Waals surface area contributed by atoms with Crippen LogP contribution >= 0.6 is 0 Å². The first-order chi connectivity index (χ1) is 10.8. The van der Waals surface area contributed by atoms with Gasteiger partial charge in [0.2, 0.25) is 0 Å². The molecule has 1 aromatic heterocycles. The fourth-order valence-corrected chi connectivity index (χ4v) is 2.72. The third kappa shape index (κ3) is 4.68. The fraction of sp³-hybridized carbons (Fsp3) is 0.588. The van der Waals surface area contributed by atoms with Crippen molar-refractivity contribution in [2.45, 2.75) is 52.2 Å². The van der Waals surface area contributed by atoms with Crippen molar-refractivity contribution in [2.24, 2.45) is 0 Å². The number of aldehydes is 1. The van der Waals surface area contributed by atoms with Gasteiger partial charge in [-0.1, -0.05) is 0 Å². The Hall–Kier alpha value is -2.11. The van der Waals surface area contributed by atoms with Crippen LogP contribution in [0.25, 0.3) is 0 Å². The summed E-state index contributed by atoms with van der Waals surface area (Å²) < 4.78 is 5.29. The highest BCUT2D eigenvalue weighted by atomic mass is 16.6. The molecule has 1 fully saturated rings. The lowest BCUT2D eigenvalue weighted by molar-refractivity contribution is 0.0497. The molecular formula is C17H25N3O3. The third-order valence-electron chi connectivity index (χ3n) is 3.84. The highest BCUT2D eigenvalue weighted by molar-refractivity contribution is 5.85. The molecule has 0 saturated carbocycles. The van der Waals surface area contributed by atoms with Crippen LogP contribution < -0.4 is 10.2 Å². The lowest BCUT2D eigenvalue weighted by Crippen LogP contribution is -2.46. The summed E-state index contributed by atoms with van der Waals surface area (Å²) in [6, 6.07) is 1.97. The molecule has 0 bridgehead atoms. The molecule has 0 spiro atoms. The highest BCUT2D eigenvalue weighted by Crippen LogP contribution is 2.24. The molecule has 2 rings (SSSR count). The first-order valence-electron chi connectivity index (χ1n) is 7.95. The quantitative estimate of drug-likeness (QED) is 0.867. The van der Waals surface area contributed by atoms with Crippen LogP contribution in [0.15, 0.2) is 12.3 Å². The van der Waals surface area contributed by atoms with Gasteiger partial charge in [-0.15, -0.1) is 0 Å². The maximum atomic E-state index is 11.8. The van der Waals surface area contributed by atoms with Crippen molar-refractivity contribution in [3.63, 3.8) is 0 Å². The van der Waals surface area contributed by atoms with Gasteiger partial charge in [0.25, 0.3) is 0 Å². The van der Waals surface area contributed by atoms with Gasteiger partial charge < -0.3 is 15.0 Å². The van der Waals surface area contributed by atoms with Gasteiger partial charge in [-0.3, -0.25) is 9.78 Å². The van der Waals surface area contributed by atoms with Crippen molar-refractivity contribution in [3.8, 4) is 0 Å². The zero-order valence-electron chi connectivity index (χ0n) is 14.3. The van der Waals surface area contributed by atoms with E-state index in [2.05, 4.69) is 15.2 Å². The van der Waals surface area contributed by atoms with Crippen molar-refractivity contribution in [3.05, 3.63) is 23.5 Å². The van der Waals surface area contributed by atoms with Crippen LogP contribution in [-0.4, -0.2) is 42.1 Å². The predicted molar refractivity (Wildman–Crippen MR) is 89.0 cm³/mol. The van der Waals surface area contributed by atoms with Crippen molar-refractivity contribution >= 4 is 18.1 Å². The average Bonchev–Trinajstić information content (AvgIpc) is 2.45. The number of aryl methyl sites for hydroxylation is 1. The summed E-state index contributed by atoms with van der Waals surface area (Å²) >= 11 is 0. The molecule has 23 heavy (non-hydrogen) atoms. The molecule has 0 aliphatic carbocycles. The second-order valence-electron chi connectivity index (χ2n) is 6.85. The zero-order chi connectivity index (χ0) is 17.0. The van der Waals surface area contributed by atoms with E-state index in [0.717, 1.165) is 43.6 Å². The molecule has 6 nitrogen and oxygen atoms in total. The number of aromatic nitrogens is 1. The van der Waals surface area contributed by atoms with Crippen molar-refractivity contribution < 1.29 is 14.3 Å². The van der Waals surface area contributed by atoms with Gasteiger partial charge in [0, 0.05) is 31.0 Å². The lowest BCUT2D eigenvalue weighted by atomic mass is 10.0. The van der Waals surface area contributed by atoms with E-state index in [1.807, 2.05) is 33.8 Å². The van der Waals surface area contributed by atoms with E-state index in [4.69, 9.17) is 4.74 Å². The molecule has 0 radical (unpaired) electrons. The van der Waals surface area contributed by atoms with E-state index in [0.29, 0.717) is 5.56 Å². The van der Waals surface area contributed by atoms with Gasteiger partial charge >= 0.3 is 6.09 Å². The molecule has 1 N–H and O–H groups in total. The number of nitrogens with zero attached hydrogens (tertiary/aromatic N) is 2.